The van der Waals surface area contributed by atoms with Gasteiger partial charge in [-0.3, -0.25) is 14.4 Å². The van der Waals surface area contributed by atoms with Crippen LogP contribution in [0.5, 0.6) is 17.2 Å². The van der Waals surface area contributed by atoms with Crippen LogP contribution in [0, 0.1) is 5.92 Å². The van der Waals surface area contributed by atoms with Gasteiger partial charge in [-0.1, -0.05) is 19.9 Å². The van der Waals surface area contributed by atoms with Crippen LogP contribution in [-0.4, -0.2) is 56.8 Å². The zero-order valence-corrected chi connectivity index (χ0v) is 24.4. The van der Waals surface area contributed by atoms with Crippen LogP contribution in [0.2, 0.25) is 0 Å². The Balaban J connectivity index is 1.95. The van der Waals surface area contributed by atoms with Gasteiger partial charge in [-0.05, 0) is 60.1 Å². The Kier molecular flexibility index (Phi) is 10.6. The van der Waals surface area contributed by atoms with Crippen molar-refractivity contribution in [2.45, 2.75) is 58.5 Å². The number of fused-ring (bicyclic) bond motifs is 3. The van der Waals surface area contributed by atoms with Crippen molar-refractivity contribution in [1.29, 1.82) is 0 Å². The standard InChI is InChI=1S/C30H39N3O8/c1-16(2)27(30(37)38)33-25(36)8-7-13-31-22-12-10-19-20(15-23(22)35)21(32-17(3)34)11-9-18-14-24(39-4)28(40-5)29(41-6)26(18)19/h10,12,14-16,21,27H,7-9,11,13H2,1-6H3,(H,31,35)(H,32,34)(H,33,36)(H,37,38)/t21-,27-/m1/s1. The van der Waals surface area contributed by atoms with Gasteiger partial charge in [0.25, 0.3) is 0 Å². The highest BCUT2D eigenvalue weighted by Crippen LogP contribution is 2.50. The number of nitrogens with one attached hydrogen (secondary N) is 3. The fourth-order valence-corrected chi connectivity index (χ4v) is 5.08. The molecule has 2 atom stereocenters. The number of methoxy groups -OCH3 is 3. The fraction of sp³-hybridized carbons (Fsp3) is 0.467. The van der Waals surface area contributed by atoms with E-state index in [9.17, 15) is 24.3 Å². The first-order chi connectivity index (χ1) is 19.5. The Morgan fingerprint density at radius 3 is 2.34 bits per heavy atom. The van der Waals surface area contributed by atoms with Crippen LogP contribution >= 0.6 is 0 Å². The number of carboxylic acids is 1. The summed E-state index contributed by atoms with van der Waals surface area (Å²) < 4.78 is 17.0. The van der Waals surface area contributed by atoms with Crippen LogP contribution in [0.15, 0.2) is 29.1 Å². The van der Waals surface area contributed by atoms with Crippen molar-refractivity contribution >= 4 is 23.5 Å². The average molecular weight is 570 g/mol. The molecule has 3 rings (SSSR count). The van der Waals surface area contributed by atoms with Gasteiger partial charge in [-0.15, -0.1) is 0 Å². The highest BCUT2D eigenvalue weighted by molar-refractivity contribution is 5.84. The molecule has 0 unspecified atom stereocenters. The first-order valence-electron chi connectivity index (χ1n) is 13.6. The van der Waals surface area contributed by atoms with Gasteiger partial charge in [0, 0.05) is 25.5 Å². The Hall–Kier alpha value is -4.28. The predicted molar refractivity (Wildman–Crippen MR) is 155 cm³/mol. The van der Waals surface area contributed by atoms with Crippen LogP contribution in [0.25, 0.3) is 11.1 Å². The third kappa shape index (κ3) is 7.27. The second kappa shape index (κ2) is 13.9. The number of amides is 2. The van der Waals surface area contributed by atoms with Crippen molar-refractivity contribution in [2.24, 2.45) is 5.92 Å². The molecular weight excluding hydrogens is 530 g/mol. The lowest BCUT2D eigenvalue weighted by molar-refractivity contribution is -0.143. The van der Waals surface area contributed by atoms with Crippen molar-refractivity contribution in [3.8, 4) is 28.4 Å². The van der Waals surface area contributed by atoms with E-state index in [1.165, 1.54) is 20.1 Å². The second-order valence-electron chi connectivity index (χ2n) is 10.3. The van der Waals surface area contributed by atoms with E-state index >= 15 is 0 Å². The van der Waals surface area contributed by atoms with Crippen molar-refractivity contribution < 1.29 is 33.7 Å². The SMILES string of the molecule is COc1cc2c(c(OC)c1OC)-c1ccc(NCCCC(=O)N[C@@H](C(=O)O)C(C)C)c(=O)cc1[C@H](NC(C)=O)CC2. The summed E-state index contributed by atoms with van der Waals surface area (Å²) in [6.45, 7) is 5.21. The van der Waals surface area contributed by atoms with Crippen LogP contribution in [0.3, 0.4) is 0 Å². The maximum absolute atomic E-state index is 13.4. The third-order valence-electron chi connectivity index (χ3n) is 7.06. The summed E-state index contributed by atoms with van der Waals surface area (Å²) in [6, 6.07) is 5.53. The molecule has 0 radical (unpaired) electrons. The number of carboxylic acid groups (broad SMARTS) is 1. The molecule has 222 valence electrons. The van der Waals surface area contributed by atoms with Gasteiger partial charge in [0.05, 0.1) is 33.1 Å². The molecule has 11 nitrogen and oxygen atoms in total. The molecule has 0 aliphatic heterocycles. The lowest BCUT2D eigenvalue weighted by Gasteiger charge is -2.19. The molecule has 2 aromatic carbocycles. The summed E-state index contributed by atoms with van der Waals surface area (Å²) in [5.74, 6) is -0.507. The first kappa shape index (κ1) is 31.3. The van der Waals surface area contributed by atoms with E-state index in [1.54, 1.807) is 34.1 Å². The van der Waals surface area contributed by atoms with Gasteiger partial charge in [-0.25, -0.2) is 4.79 Å². The van der Waals surface area contributed by atoms with E-state index in [1.807, 2.05) is 12.1 Å². The maximum atomic E-state index is 13.4. The topological polar surface area (TPSA) is 152 Å². The molecular formula is C30H39N3O8. The lowest BCUT2D eigenvalue weighted by atomic mass is 9.95. The zero-order valence-electron chi connectivity index (χ0n) is 24.4. The summed E-state index contributed by atoms with van der Waals surface area (Å²) in [4.78, 5) is 49.1. The van der Waals surface area contributed by atoms with Gasteiger partial charge in [-0.2, -0.15) is 0 Å². The minimum absolute atomic E-state index is 0.101. The van der Waals surface area contributed by atoms with E-state index in [0.29, 0.717) is 59.9 Å². The Bertz CT molecular complexity index is 1360. The van der Waals surface area contributed by atoms with Gasteiger partial charge in [0.15, 0.2) is 11.5 Å². The van der Waals surface area contributed by atoms with Crippen molar-refractivity contribution in [1.82, 2.24) is 10.6 Å². The number of anilines is 1. The number of hydrogen-bond acceptors (Lipinski definition) is 8. The van der Waals surface area contributed by atoms with Crippen LogP contribution < -0.4 is 35.6 Å². The molecule has 0 saturated heterocycles. The monoisotopic (exact) mass is 569 g/mol. The van der Waals surface area contributed by atoms with Crippen LogP contribution in [0.4, 0.5) is 5.69 Å². The molecule has 1 aliphatic rings. The second-order valence-corrected chi connectivity index (χ2v) is 10.3. The van der Waals surface area contributed by atoms with E-state index in [4.69, 9.17) is 14.2 Å². The zero-order chi connectivity index (χ0) is 30.3. The van der Waals surface area contributed by atoms with E-state index < -0.39 is 18.1 Å². The number of benzene rings is 1. The number of aliphatic carboxylic acids is 1. The molecule has 0 aromatic heterocycles. The molecule has 2 amide bonds. The van der Waals surface area contributed by atoms with Crippen LogP contribution in [-0.2, 0) is 20.8 Å². The molecule has 2 aromatic rings. The van der Waals surface area contributed by atoms with Gasteiger partial charge >= 0.3 is 5.97 Å². The summed E-state index contributed by atoms with van der Waals surface area (Å²) in [7, 11) is 4.62. The minimum Gasteiger partial charge on any atom is -0.493 e. The number of hydrogen-bond donors (Lipinski definition) is 4. The normalized spacial score (nSPS) is 14.6. The number of aryl methyl sites for hydroxylation is 1. The highest BCUT2D eigenvalue weighted by atomic mass is 16.5. The number of ether oxygens (including phenoxy) is 3. The van der Waals surface area contributed by atoms with E-state index in [2.05, 4.69) is 16.0 Å². The lowest BCUT2D eigenvalue weighted by Crippen LogP contribution is -2.44. The van der Waals surface area contributed by atoms with Crippen molar-refractivity contribution in [2.75, 3.05) is 33.2 Å². The largest absolute Gasteiger partial charge is 0.493 e. The number of carbonyl (C=O) groups is 3. The number of carbonyl (C=O) groups excluding carboxylic acids is 2. The van der Waals surface area contributed by atoms with E-state index in [-0.39, 0.29) is 29.6 Å². The molecule has 0 spiro atoms. The van der Waals surface area contributed by atoms with Crippen molar-refractivity contribution in [3.63, 3.8) is 0 Å². The molecule has 1 aliphatic carbocycles. The molecule has 41 heavy (non-hydrogen) atoms. The first-order valence-corrected chi connectivity index (χ1v) is 13.6. The highest BCUT2D eigenvalue weighted by Gasteiger charge is 2.29. The molecule has 0 saturated carbocycles. The van der Waals surface area contributed by atoms with Gasteiger partial charge in [0.1, 0.15) is 6.04 Å². The molecule has 0 fully saturated rings. The van der Waals surface area contributed by atoms with Crippen molar-refractivity contribution in [3.05, 3.63) is 45.6 Å². The predicted octanol–water partition coefficient (Wildman–Crippen LogP) is 3.28. The fourth-order valence-electron chi connectivity index (χ4n) is 5.08. The molecule has 4 N–H and O–H groups in total. The summed E-state index contributed by atoms with van der Waals surface area (Å²) >= 11 is 0. The summed E-state index contributed by atoms with van der Waals surface area (Å²) in [5.41, 5.74) is 3.09. The Labute approximate surface area is 239 Å². The summed E-state index contributed by atoms with van der Waals surface area (Å²) in [6.07, 6.45) is 1.63. The molecule has 11 heteroatoms. The molecule has 0 bridgehead atoms. The van der Waals surface area contributed by atoms with Gasteiger partial charge in [0.2, 0.25) is 23.0 Å². The maximum Gasteiger partial charge on any atom is 0.326 e. The quantitative estimate of drug-likeness (QED) is 0.282. The number of rotatable bonds is 12. The van der Waals surface area contributed by atoms with Crippen LogP contribution in [0.1, 0.15) is 57.2 Å². The Morgan fingerprint density at radius 1 is 1.05 bits per heavy atom. The van der Waals surface area contributed by atoms with E-state index in [0.717, 1.165) is 11.1 Å². The third-order valence-corrected chi connectivity index (χ3v) is 7.06. The summed E-state index contributed by atoms with van der Waals surface area (Å²) in [5, 5.41) is 17.9. The average Bonchev–Trinajstić information content (AvgIpc) is 3.16. The Morgan fingerprint density at radius 2 is 1.76 bits per heavy atom. The minimum atomic E-state index is -1.08. The molecule has 0 heterocycles. The smallest absolute Gasteiger partial charge is 0.326 e. The van der Waals surface area contributed by atoms with Gasteiger partial charge < -0.3 is 35.3 Å².